The first-order valence-corrected chi connectivity index (χ1v) is 5.20. The maximum atomic E-state index is 4.39. The molecule has 0 saturated carbocycles. The topological polar surface area (TPSA) is 51.6 Å². The van der Waals surface area contributed by atoms with Crippen LogP contribution < -0.4 is 0 Å². The van der Waals surface area contributed by atoms with Crippen molar-refractivity contribution in [2.24, 2.45) is 0 Å². The molecule has 0 fully saturated rings. The first kappa shape index (κ1) is 11.5. The SMILES string of the molecule is CC.CC(C)c1cnc2ncncc2n1. The summed E-state index contributed by atoms with van der Waals surface area (Å²) in [5.41, 5.74) is 2.38. The molecule has 0 N–H and O–H groups in total. The molecule has 0 amide bonds. The highest BCUT2D eigenvalue weighted by Gasteiger charge is 2.03. The van der Waals surface area contributed by atoms with Crippen molar-refractivity contribution >= 4 is 11.2 Å². The highest BCUT2D eigenvalue weighted by molar-refractivity contribution is 5.67. The van der Waals surface area contributed by atoms with Gasteiger partial charge in [0.2, 0.25) is 0 Å². The van der Waals surface area contributed by atoms with Gasteiger partial charge in [-0.3, -0.25) is 0 Å². The lowest BCUT2D eigenvalue weighted by Gasteiger charge is -2.03. The third-order valence-corrected chi connectivity index (χ3v) is 1.83. The first-order valence-electron chi connectivity index (χ1n) is 5.20. The third-order valence-electron chi connectivity index (χ3n) is 1.83. The largest absolute Gasteiger partial charge is 0.246 e. The molecule has 2 rings (SSSR count). The van der Waals surface area contributed by atoms with Crippen molar-refractivity contribution in [2.45, 2.75) is 33.6 Å². The summed E-state index contributed by atoms with van der Waals surface area (Å²) in [6, 6.07) is 0. The molecule has 15 heavy (non-hydrogen) atoms. The summed E-state index contributed by atoms with van der Waals surface area (Å²) in [5, 5.41) is 0. The maximum Gasteiger partial charge on any atom is 0.181 e. The van der Waals surface area contributed by atoms with Crippen molar-refractivity contribution in [1.82, 2.24) is 19.9 Å². The van der Waals surface area contributed by atoms with E-state index in [0.29, 0.717) is 11.6 Å². The number of fused-ring (bicyclic) bond motifs is 1. The van der Waals surface area contributed by atoms with Gasteiger partial charge in [-0.2, -0.15) is 0 Å². The van der Waals surface area contributed by atoms with Gasteiger partial charge in [0.05, 0.1) is 18.1 Å². The van der Waals surface area contributed by atoms with Crippen LogP contribution in [0, 0.1) is 0 Å². The summed E-state index contributed by atoms with van der Waals surface area (Å²) in [6.45, 7) is 8.17. The standard InChI is InChI=1S/C9H10N4.C2H6/c1-6(2)7-4-11-9-8(13-7)3-10-5-12-9;1-2/h3-6H,1-2H3;1-2H3. The Morgan fingerprint density at radius 2 is 1.80 bits per heavy atom. The van der Waals surface area contributed by atoms with Crippen molar-refractivity contribution in [3.63, 3.8) is 0 Å². The summed E-state index contributed by atoms with van der Waals surface area (Å²) >= 11 is 0. The van der Waals surface area contributed by atoms with Gasteiger partial charge < -0.3 is 0 Å². The number of rotatable bonds is 1. The molecule has 0 spiro atoms. The Balaban J connectivity index is 0.000000531. The van der Waals surface area contributed by atoms with Crippen molar-refractivity contribution < 1.29 is 0 Å². The predicted octanol–water partition coefficient (Wildman–Crippen LogP) is 2.57. The van der Waals surface area contributed by atoms with E-state index in [4.69, 9.17) is 0 Å². The van der Waals surface area contributed by atoms with Crippen LogP contribution in [0.5, 0.6) is 0 Å². The van der Waals surface area contributed by atoms with Gasteiger partial charge in [-0.15, -0.1) is 0 Å². The van der Waals surface area contributed by atoms with E-state index in [1.807, 2.05) is 13.8 Å². The summed E-state index contributed by atoms with van der Waals surface area (Å²) < 4.78 is 0. The van der Waals surface area contributed by atoms with E-state index in [2.05, 4.69) is 33.8 Å². The second-order valence-electron chi connectivity index (χ2n) is 3.18. The van der Waals surface area contributed by atoms with Crippen LogP contribution >= 0.6 is 0 Å². The molecule has 80 valence electrons. The molecule has 2 aromatic heterocycles. The lowest BCUT2D eigenvalue weighted by Crippen LogP contribution is -1.96. The molecule has 0 aromatic carbocycles. The predicted molar refractivity (Wildman–Crippen MR) is 60.6 cm³/mol. The van der Waals surface area contributed by atoms with Gasteiger partial charge in [-0.25, -0.2) is 19.9 Å². The second kappa shape index (κ2) is 5.34. The van der Waals surface area contributed by atoms with Crippen molar-refractivity contribution in [1.29, 1.82) is 0 Å². The zero-order valence-electron chi connectivity index (χ0n) is 9.60. The van der Waals surface area contributed by atoms with Crippen LogP contribution in [-0.4, -0.2) is 19.9 Å². The van der Waals surface area contributed by atoms with Crippen LogP contribution in [0.2, 0.25) is 0 Å². The van der Waals surface area contributed by atoms with Gasteiger partial charge in [0, 0.05) is 0 Å². The molecule has 0 saturated heterocycles. The molecule has 0 bridgehead atoms. The molecule has 0 aliphatic carbocycles. The van der Waals surface area contributed by atoms with Gasteiger partial charge in [0.25, 0.3) is 0 Å². The Morgan fingerprint density at radius 3 is 2.47 bits per heavy atom. The lowest BCUT2D eigenvalue weighted by molar-refractivity contribution is 0.820. The fraction of sp³-hybridized carbons (Fsp3) is 0.455. The Hall–Kier alpha value is -1.58. The maximum absolute atomic E-state index is 4.39. The van der Waals surface area contributed by atoms with Crippen LogP contribution in [0.3, 0.4) is 0 Å². The second-order valence-corrected chi connectivity index (χ2v) is 3.18. The van der Waals surface area contributed by atoms with Crippen molar-refractivity contribution in [2.75, 3.05) is 0 Å². The number of aromatic nitrogens is 4. The van der Waals surface area contributed by atoms with E-state index >= 15 is 0 Å². The minimum absolute atomic E-state index is 0.386. The van der Waals surface area contributed by atoms with E-state index in [9.17, 15) is 0 Å². The highest BCUT2D eigenvalue weighted by atomic mass is 14.9. The Morgan fingerprint density at radius 1 is 1.07 bits per heavy atom. The van der Waals surface area contributed by atoms with Crippen molar-refractivity contribution in [3.05, 3.63) is 24.4 Å². The lowest BCUT2D eigenvalue weighted by atomic mass is 10.1. The average Bonchev–Trinajstić information content (AvgIpc) is 2.31. The number of nitrogens with zero attached hydrogens (tertiary/aromatic N) is 4. The summed E-state index contributed by atoms with van der Waals surface area (Å²) in [5.74, 6) is 0.386. The summed E-state index contributed by atoms with van der Waals surface area (Å²) in [6.07, 6.45) is 4.92. The van der Waals surface area contributed by atoms with Crippen LogP contribution in [0.1, 0.15) is 39.3 Å². The van der Waals surface area contributed by atoms with E-state index < -0.39 is 0 Å². The van der Waals surface area contributed by atoms with Gasteiger partial charge in [0.1, 0.15) is 11.8 Å². The molecule has 0 radical (unpaired) electrons. The summed E-state index contributed by atoms with van der Waals surface area (Å²) in [4.78, 5) is 16.5. The van der Waals surface area contributed by atoms with Crippen LogP contribution in [0.25, 0.3) is 11.2 Å². The number of hydrogen-bond acceptors (Lipinski definition) is 4. The highest BCUT2D eigenvalue weighted by Crippen LogP contribution is 2.12. The Bertz CT molecular complexity index is 426. The third kappa shape index (κ3) is 2.68. The van der Waals surface area contributed by atoms with Gasteiger partial charge >= 0.3 is 0 Å². The minimum Gasteiger partial charge on any atom is -0.246 e. The van der Waals surface area contributed by atoms with Crippen LogP contribution in [-0.2, 0) is 0 Å². The quantitative estimate of drug-likeness (QED) is 0.716. The molecule has 0 aliphatic rings. The van der Waals surface area contributed by atoms with Crippen LogP contribution in [0.4, 0.5) is 0 Å². The monoisotopic (exact) mass is 204 g/mol. The Kier molecular flexibility index (Phi) is 4.09. The van der Waals surface area contributed by atoms with Crippen molar-refractivity contribution in [3.8, 4) is 0 Å². The molecule has 0 aliphatic heterocycles. The Labute approximate surface area is 89.8 Å². The fourth-order valence-electron chi connectivity index (χ4n) is 1.07. The molecule has 4 nitrogen and oxygen atoms in total. The van der Waals surface area contributed by atoms with Crippen LogP contribution in [0.15, 0.2) is 18.7 Å². The van der Waals surface area contributed by atoms with Gasteiger partial charge in [0.15, 0.2) is 5.65 Å². The van der Waals surface area contributed by atoms with E-state index in [-0.39, 0.29) is 0 Å². The minimum atomic E-state index is 0.386. The van der Waals surface area contributed by atoms with E-state index in [1.165, 1.54) is 6.33 Å². The summed E-state index contributed by atoms with van der Waals surface area (Å²) in [7, 11) is 0. The smallest absolute Gasteiger partial charge is 0.181 e. The van der Waals surface area contributed by atoms with Gasteiger partial charge in [-0.05, 0) is 5.92 Å². The zero-order chi connectivity index (χ0) is 11.3. The molecule has 2 aromatic rings. The van der Waals surface area contributed by atoms with E-state index in [0.717, 1.165) is 11.2 Å². The number of hydrogen-bond donors (Lipinski definition) is 0. The average molecular weight is 204 g/mol. The normalized spacial score (nSPS) is 9.93. The molecule has 0 unspecified atom stereocenters. The first-order chi connectivity index (χ1) is 7.27. The van der Waals surface area contributed by atoms with E-state index in [1.54, 1.807) is 12.4 Å². The molecular formula is C11H16N4. The molecule has 0 atom stereocenters. The van der Waals surface area contributed by atoms with Gasteiger partial charge in [-0.1, -0.05) is 27.7 Å². The fourth-order valence-corrected chi connectivity index (χ4v) is 1.07. The molecular weight excluding hydrogens is 188 g/mol. The zero-order valence-corrected chi connectivity index (χ0v) is 9.60. The molecule has 4 heteroatoms. The molecule has 2 heterocycles.